The second kappa shape index (κ2) is 4.12. The van der Waals surface area contributed by atoms with Crippen molar-refractivity contribution < 1.29 is 4.79 Å². The Hall–Kier alpha value is -0.570. The molecular weight excluding hydrogens is 188 g/mol. The molecule has 3 heteroatoms. The van der Waals surface area contributed by atoms with Crippen LogP contribution < -0.4 is 5.73 Å². The zero-order valence-corrected chi connectivity index (χ0v) is 10.5. The number of amides is 1. The third-order valence-corrected chi connectivity index (χ3v) is 4.23. The largest absolute Gasteiger partial charge is 0.340 e. The van der Waals surface area contributed by atoms with Gasteiger partial charge in [-0.05, 0) is 33.1 Å². The van der Waals surface area contributed by atoms with E-state index in [0.717, 1.165) is 25.7 Å². The van der Waals surface area contributed by atoms with Crippen LogP contribution in [0.5, 0.6) is 0 Å². The van der Waals surface area contributed by atoms with Crippen molar-refractivity contribution in [3.8, 4) is 0 Å². The Balaban J connectivity index is 2.76. The maximum Gasteiger partial charge on any atom is 0.230 e. The molecule has 0 aromatic carbocycles. The van der Waals surface area contributed by atoms with E-state index in [1.165, 1.54) is 0 Å². The highest BCUT2D eigenvalue weighted by molar-refractivity contribution is 5.84. The fourth-order valence-electron chi connectivity index (χ4n) is 1.98. The number of rotatable bonds is 4. The first-order chi connectivity index (χ1) is 6.89. The van der Waals surface area contributed by atoms with Crippen LogP contribution in [0.4, 0.5) is 0 Å². The zero-order chi connectivity index (χ0) is 11.7. The average molecular weight is 212 g/mol. The fourth-order valence-corrected chi connectivity index (χ4v) is 1.98. The molecule has 0 spiro atoms. The number of carbonyl (C=O) groups is 1. The van der Waals surface area contributed by atoms with Gasteiger partial charge in [0.05, 0.1) is 5.41 Å². The minimum absolute atomic E-state index is 0.0607. The van der Waals surface area contributed by atoms with Crippen molar-refractivity contribution in [3.63, 3.8) is 0 Å². The van der Waals surface area contributed by atoms with E-state index in [9.17, 15) is 4.79 Å². The summed E-state index contributed by atoms with van der Waals surface area (Å²) in [5.74, 6) is 0.239. The molecule has 0 atom stereocenters. The van der Waals surface area contributed by atoms with Crippen molar-refractivity contribution in [2.24, 2.45) is 11.1 Å². The van der Waals surface area contributed by atoms with Crippen LogP contribution in [0.3, 0.4) is 0 Å². The van der Waals surface area contributed by atoms with Gasteiger partial charge in [0.25, 0.3) is 0 Å². The van der Waals surface area contributed by atoms with E-state index in [4.69, 9.17) is 5.73 Å². The van der Waals surface area contributed by atoms with Gasteiger partial charge in [0.2, 0.25) is 5.91 Å². The summed E-state index contributed by atoms with van der Waals surface area (Å²) in [4.78, 5) is 14.2. The maximum absolute atomic E-state index is 12.3. The summed E-state index contributed by atoms with van der Waals surface area (Å²) in [6.07, 6.45) is 4.04. The number of hydrogen-bond donors (Lipinski definition) is 1. The van der Waals surface area contributed by atoms with Gasteiger partial charge in [0.15, 0.2) is 0 Å². The number of carbonyl (C=O) groups excluding carboxylic acids is 1. The molecule has 0 saturated heterocycles. The van der Waals surface area contributed by atoms with Gasteiger partial charge in [-0.1, -0.05) is 13.3 Å². The summed E-state index contributed by atoms with van der Waals surface area (Å²) in [5, 5.41) is 0. The van der Waals surface area contributed by atoms with E-state index < -0.39 is 0 Å². The van der Waals surface area contributed by atoms with Gasteiger partial charge in [-0.2, -0.15) is 0 Å². The molecule has 1 rings (SSSR count). The summed E-state index contributed by atoms with van der Waals surface area (Å²) in [6, 6.07) is 0. The topological polar surface area (TPSA) is 46.3 Å². The smallest absolute Gasteiger partial charge is 0.230 e. The van der Waals surface area contributed by atoms with E-state index in [1.807, 2.05) is 11.9 Å². The van der Waals surface area contributed by atoms with Crippen LogP contribution >= 0.6 is 0 Å². The van der Waals surface area contributed by atoms with E-state index in [-0.39, 0.29) is 16.9 Å². The Bertz CT molecular complexity index is 238. The molecule has 1 fully saturated rings. The van der Waals surface area contributed by atoms with Gasteiger partial charge < -0.3 is 10.6 Å². The second-order valence-corrected chi connectivity index (χ2v) is 5.37. The van der Waals surface area contributed by atoms with Crippen molar-refractivity contribution in [2.75, 3.05) is 13.6 Å². The van der Waals surface area contributed by atoms with E-state index >= 15 is 0 Å². The zero-order valence-electron chi connectivity index (χ0n) is 10.5. The first kappa shape index (κ1) is 12.5. The monoisotopic (exact) mass is 212 g/mol. The molecule has 0 aliphatic heterocycles. The second-order valence-electron chi connectivity index (χ2n) is 5.37. The summed E-state index contributed by atoms with van der Waals surface area (Å²) < 4.78 is 0. The molecule has 0 radical (unpaired) electrons. The summed E-state index contributed by atoms with van der Waals surface area (Å²) in [5.41, 5.74) is 5.45. The lowest BCUT2D eigenvalue weighted by molar-refractivity contribution is -0.150. The van der Waals surface area contributed by atoms with E-state index in [1.54, 1.807) is 0 Å². The lowest BCUT2D eigenvalue weighted by Crippen LogP contribution is -2.56. The van der Waals surface area contributed by atoms with Crippen LogP contribution in [0, 0.1) is 5.41 Å². The van der Waals surface area contributed by atoms with Crippen molar-refractivity contribution in [1.82, 2.24) is 4.90 Å². The minimum atomic E-state index is -0.235. The maximum atomic E-state index is 12.3. The van der Waals surface area contributed by atoms with Gasteiger partial charge in [-0.25, -0.2) is 0 Å². The molecule has 0 unspecified atom stereocenters. The first-order valence-electron chi connectivity index (χ1n) is 5.88. The molecule has 88 valence electrons. The predicted octanol–water partition coefficient (Wildman–Crippen LogP) is 1.76. The van der Waals surface area contributed by atoms with Crippen LogP contribution in [0.2, 0.25) is 0 Å². The third kappa shape index (κ3) is 2.03. The average Bonchev–Trinajstić information content (AvgIpc) is 2.15. The molecule has 1 saturated carbocycles. The van der Waals surface area contributed by atoms with Crippen LogP contribution in [-0.2, 0) is 4.79 Å². The molecule has 1 amide bonds. The lowest BCUT2D eigenvalue weighted by Gasteiger charge is -2.46. The third-order valence-electron chi connectivity index (χ3n) is 4.23. The summed E-state index contributed by atoms with van der Waals surface area (Å²) in [7, 11) is 1.90. The first-order valence-corrected chi connectivity index (χ1v) is 5.88. The molecule has 3 nitrogen and oxygen atoms in total. The van der Waals surface area contributed by atoms with Gasteiger partial charge >= 0.3 is 0 Å². The molecule has 1 aliphatic rings. The Morgan fingerprint density at radius 2 is 2.00 bits per heavy atom. The van der Waals surface area contributed by atoms with Gasteiger partial charge in [0, 0.05) is 19.1 Å². The molecule has 0 bridgehead atoms. The Labute approximate surface area is 93.0 Å². The van der Waals surface area contributed by atoms with Crippen molar-refractivity contribution in [1.29, 1.82) is 0 Å². The predicted molar refractivity (Wildman–Crippen MR) is 62.5 cm³/mol. The minimum Gasteiger partial charge on any atom is -0.340 e. The number of hydrogen-bond acceptors (Lipinski definition) is 2. The standard InChI is InChI=1S/C12H24N2O/c1-5-11(2,3)14(4)10(15)12(9-13)7-6-8-12/h5-9,13H2,1-4H3. The van der Waals surface area contributed by atoms with Crippen molar-refractivity contribution >= 4 is 5.91 Å². The fraction of sp³-hybridized carbons (Fsp3) is 0.917. The lowest BCUT2D eigenvalue weighted by atomic mass is 9.67. The van der Waals surface area contributed by atoms with Gasteiger partial charge in [0.1, 0.15) is 0 Å². The number of nitrogens with zero attached hydrogens (tertiary/aromatic N) is 1. The Morgan fingerprint density at radius 1 is 1.47 bits per heavy atom. The van der Waals surface area contributed by atoms with E-state index in [0.29, 0.717) is 6.54 Å². The molecule has 2 N–H and O–H groups in total. The van der Waals surface area contributed by atoms with Crippen LogP contribution in [0.1, 0.15) is 46.5 Å². The van der Waals surface area contributed by atoms with Crippen LogP contribution in [0.15, 0.2) is 0 Å². The van der Waals surface area contributed by atoms with Crippen molar-refractivity contribution in [3.05, 3.63) is 0 Å². The quantitative estimate of drug-likeness (QED) is 0.772. The molecule has 0 aromatic rings. The van der Waals surface area contributed by atoms with Crippen molar-refractivity contribution in [2.45, 2.75) is 52.0 Å². The molecule has 0 heterocycles. The van der Waals surface area contributed by atoms with E-state index in [2.05, 4.69) is 20.8 Å². The van der Waals surface area contributed by atoms with Crippen LogP contribution in [0.25, 0.3) is 0 Å². The summed E-state index contributed by atoms with van der Waals surface area (Å²) >= 11 is 0. The molecular formula is C12H24N2O. The molecule has 0 aromatic heterocycles. The Morgan fingerprint density at radius 3 is 2.27 bits per heavy atom. The summed E-state index contributed by atoms with van der Waals surface area (Å²) in [6.45, 7) is 6.82. The normalized spacial score (nSPS) is 19.5. The van der Waals surface area contributed by atoms with Crippen LogP contribution in [-0.4, -0.2) is 29.9 Å². The molecule has 15 heavy (non-hydrogen) atoms. The van der Waals surface area contributed by atoms with Gasteiger partial charge in [-0.3, -0.25) is 4.79 Å². The highest BCUT2D eigenvalue weighted by atomic mass is 16.2. The highest BCUT2D eigenvalue weighted by Gasteiger charge is 2.46. The Kier molecular flexibility index (Phi) is 3.44. The highest BCUT2D eigenvalue weighted by Crippen LogP contribution is 2.42. The van der Waals surface area contributed by atoms with Gasteiger partial charge in [-0.15, -0.1) is 0 Å². The SMILES string of the molecule is CCC(C)(C)N(C)C(=O)C1(CN)CCC1. The number of nitrogens with two attached hydrogens (primary N) is 1. The molecule has 1 aliphatic carbocycles.